The summed E-state index contributed by atoms with van der Waals surface area (Å²) in [5.41, 5.74) is 0.108. The summed E-state index contributed by atoms with van der Waals surface area (Å²) in [7, 11) is 0. The molecule has 1 amide bonds. The van der Waals surface area contributed by atoms with Crippen LogP contribution < -0.4 is 5.32 Å². The molecule has 0 saturated carbocycles. The van der Waals surface area contributed by atoms with Crippen molar-refractivity contribution in [2.75, 3.05) is 0 Å². The Balaban J connectivity index is 2.66. The molecule has 1 N–H and O–H groups in total. The minimum atomic E-state index is -0.759. The number of nitrogens with one attached hydrogen (secondary N) is 1. The van der Waals surface area contributed by atoms with Gasteiger partial charge in [0, 0.05) is 6.07 Å². The third kappa shape index (κ3) is 3.83. The summed E-state index contributed by atoms with van der Waals surface area (Å²) >= 11 is 0. The van der Waals surface area contributed by atoms with Crippen LogP contribution in [-0.2, 0) is 11.2 Å². The van der Waals surface area contributed by atoms with Crippen LogP contribution in [0.2, 0.25) is 0 Å². The lowest BCUT2D eigenvalue weighted by atomic mass is 10.1. The zero-order chi connectivity index (χ0) is 12.8. The molecule has 1 aromatic carbocycles. The average Bonchev–Trinajstić information content (AvgIpc) is 2.29. The first-order chi connectivity index (χ1) is 8.06. The van der Waals surface area contributed by atoms with E-state index in [9.17, 15) is 13.6 Å². The van der Waals surface area contributed by atoms with Crippen molar-refractivity contribution in [2.24, 2.45) is 0 Å². The van der Waals surface area contributed by atoms with E-state index in [0.717, 1.165) is 12.1 Å². The number of amides is 1. The summed E-state index contributed by atoms with van der Waals surface area (Å²) in [6.45, 7) is 1.76. The fraction of sp³-hybridized carbons (Fsp3) is 0.333. The number of rotatable bonds is 4. The fourth-order valence-electron chi connectivity index (χ4n) is 1.31. The van der Waals surface area contributed by atoms with Gasteiger partial charge in [-0.3, -0.25) is 4.79 Å². The third-order valence-electron chi connectivity index (χ3n) is 2.27. The summed E-state index contributed by atoms with van der Waals surface area (Å²) < 4.78 is 25.8. The molecule has 1 aromatic rings. The summed E-state index contributed by atoms with van der Waals surface area (Å²) in [4.78, 5) is 11.5. The highest BCUT2D eigenvalue weighted by molar-refractivity contribution is 5.79. The molecule has 90 valence electrons. The molecule has 1 rings (SSSR count). The lowest BCUT2D eigenvalue weighted by Crippen LogP contribution is -2.34. The molecular weight excluding hydrogens is 226 g/mol. The van der Waals surface area contributed by atoms with Gasteiger partial charge in [-0.15, -0.1) is 0 Å². The molecular formula is C12H12F2N2O. The molecule has 1 atom stereocenters. The van der Waals surface area contributed by atoms with E-state index in [-0.39, 0.29) is 12.0 Å². The lowest BCUT2D eigenvalue weighted by Gasteiger charge is -2.09. The van der Waals surface area contributed by atoms with Crippen molar-refractivity contribution < 1.29 is 13.6 Å². The number of carbonyl (C=O) groups is 1. The van der Waals surface area contributed by atoms with E-state index in [1.807, 2.05) is 6.07 Å². The first-order valence-corrected chi connectivity index (χ1v) is 5.19. The minimum absolute atomic E-state index is 0.108. The Bertz CT molecular complexity index is 454. The molecule has 0 aromatic heterocycles. The molecule has 0 aliphatic rings. The third-order valence-corrected chi connectivity index (χ3v) is 2.27. The zero-order valence-electron chi connectivity index (χ0n) is 9.34. The van der Waals surface area contributed by atoms with Gasteiger partial charge in [-0.2, -0.15) is 5.26 Å². The number of halogens is 2. The van der Waals surface area contributed by atoms with Gasteiger partial charge in [0.1, 0.15) is 17.7 Å². The van der Waals surface area contributed by atoms with Crippen molar-refractivity contribution in [1.29, 1.82) is 5.26 Å². The predicted octanol–water partition coefficient (Wildman–Crippen LogP) is 1.93. The summed E-state index contributed by atoms with van der Waals surface area (Å²) in [5, 5.41) is 11.1. The molecule has 0 fully saturated rings. The number of hydrogen-bond donors (Lipinski definition) is 1. The molecule has 0 saturated heterocycles. The quantitative estimate of drug-likeness (QED) is 0.871. The molecule has 0 radical (unpaired) electrons. The first-order valence-electron chi connectivity index (χ1n) is 5.19. The van der Waals surface area contributed by atoms with Gasteiger partial charge in [0.2, 0.25) is 5.91 Å². The van der Waals surface area contributed by atoms with Crippen LogP contribution in [0, 0.1) is 23.0 Å². The van der Waals surface area contributed by atoms with Crippen LogP contribution in [0.3, 0.4) is 0 Å². The van der Waals surface area contributed by atoms with E-state index in [1.165, 1.54) is 6.07 Å². The molecule has 0 bridgehead atoms. The Morgan fingerprint density at radius 2 is 2.24 bits per heavy atom. The van der Waals surface area contributed by atoms with Crippen LogP contribution in [-0.4, -0.2) is 11.9 Å². The highest BCUT2D eigenvalue weighted by atomic mass is 19.1. The van der Waals surface area contributed by atoms with E-state index < -0.39 is 23.6 Å². The number of nitriles is 1. The van der Waals surface area contributed by atoms with Gasteiger partial charge in [0.15, 0.2) is 0 Å². The molecule has 0 aliphatic carbocycles. The topological polar surface area (TPSA) is 52.9 Å². The van der Waals surface area contributed by atoms with Gasteiger partial charge in [-0.25, -0.2) is 8.78 Å². The smallest absolute Gasteiger partial charge is 0.225 e. The maximum absolute atomic E-state index is 13.2. The molecule has 1 unspecified atom stereocenters. The molecule has 0 heterocycles. The van der Waals surface area contributed by atoms with E-state index >= 15 is 0 Å². The van der Waals surface area contributed by atoms with E-state index in [0.29, 0.717) is 6.42 Å². The van der Waals surface area contributed by atoms with Gasteiger partial charge >= 0.3 is 0 Å². The van der Waals surface area contributed by atoms with Crippen LogP contribution in [0.25, 0.3) is 0 Å². The van der Waals surface area contributed by atoms with Crippen molar-refractivity contribution in [3.8, 4) is 6.07 Å². The van der Waals surface area contributed by atoms with Crippen LogP contribution in [0.15, 0.2) is 18.2 Å². The van der Waals surface area contributed by atoms with Crippen molar-refractivity contribution >= 4 is 5.91 Å². The summed E-state index contributed by atoms with van der Waals surface area (Å²) in [5.74, 6) is -1.90. The lowest BCUT2D eigenvalue weighted by molar-refractivity contribution is -0.120. The van der Waals surface area contributed by atoms with E-state index in [1.54, 1.807) is 6.92 Å². The highest BCUT2D eigenvalue weighted by Gasteiger charge is 2.12. The first kappa shape index (κ1) is 13.1. The summed E-state index contributed by atoms with van der Waals surface area (Å²) in [6, 6.07) is 4.37. The van der Waals surface area contributed by atoms with Gasteiger partial charge < -0.3 is 5.32 Å². The van der Waals surface area contributed by atoms with Crippen LogP contribution >= 0.6 is 0 Å². The SMILES string of the molecule is CCC(C#N)NC(=O)Cc1ccc(F)cc1F. The molecule has 5 heteroatoms. The van der Waals surface area contributed by atoms with Crippen LogP contribution in [0.1, 0.15) is 18.9 Å². The number of benzene rings is 1. The number of nitrogens with zero attached hydrogens (tertiary/aromatic N) is 1. The zero-order valence-corrected chi connectivity index (χ0v) is 9.34. The van der Waals surface area contributed by atoms with Crippen molar-refractivity contribution in [1.82, 2.24) is 5.32 Å². The Hall–Kier alpha value is -1.96. The Morgan fingerprint density at radius 3 is 2.76 bits per heavy atom. The Labute approximate surface area is 98.1 Å². The minimum Gasteiger partial charge on any atom is -0.340 e. The van der Waals surface area contributed by atoms with Crippen molar-refractivity contribution in [3.63, 3.8) is 0 Å². The van der Waals surface area contributed by atoms with Crippen molar-refractivity contribution in [2.45, 2.75) is 25.8 Å². The van der Waals surface area contributed by atoms with Gasteiger partial charge in [-0.05, 0) is 18.1 Å². The van der Waals surface area contributed by atoms with E-state index in [2.05, 4.69) is 5.32 Å². The van der Waals surface area contributed by atoms with Crippen LogP contribution in [0.4, 0.5) is 8.78 Å². The van der Waals surface area contributed by atoms with Gasteiger partial charge in [-0.1, -0.05) is 13.0 Å². The van der Waals surface area contributed by atoms with Crippen LogP contribution in [0.5, 0.6) is 0 Å². The number of hydrogen-bond acceptors (Lipinski definition) is 2. The second kappa shape index (κ2) is 5.94. The maximum atomic E-state index is 13.2. The van der Waals surface area contributed by atoms with Gasteiger partial charge in [0.25, 0.3) is 0 Å². The van der Waals surface area contributed by atoms with Gasteiger partial charge in [0.05, 0.1) is 12.5 Å². The second-order valence-electron chi connectivity index (χ2n) is 3.57. The molecule has 3 nitrogen and oxygen atoms in total. The molecule has 0 spiro atoms. The number of carbonyl (C=O) groups excluding carboxylic acids is 1. The normalized spacial score (nSPS) is 11.6. The Morgan fingerprint density at radius 1 is 1.53 bits per heavy atom. The largest absolute Gasteiger partial charge is 0.340 e. The summed E-state index contributed by atoms with van der Waals surface area (Å²) in [6.07, 6.45) is 0.276. The highest BCUT2D eigenvalue weighted by Crippen LogP contribution is 2.10. The van der Waals surface area contributed by atoms with Crippen molar-refractivity contribution in [3.05, 3.63) is 35.4 Å². The molecule has 0 aliphatic heterocycles. The molecule has 17 heavy (non-hydrogen) atoms. The monoisotopic (exact) mass is 238 g/mol. The second-order valence-corrected chi connectivity index (χ2v) is 3.57. The van der Waals surface area contributed by atoms with E-state index in [4.69, 9.17) is 5.26 Å². The fourth-order valence-corrected chi connectivity index (χ4v) is 1.31. The maximum Gasteiger partial charge on any atom is 0.225 e. The average molecular weight is 238 g/mol. The standard InChI is InChI=1S/C12H12F2N2O/c1-2-10(7-15)16-12(17)5-8-3-4-9(13)6-11(8)14/h3-4,6,10H,2,5H2,1H3,(H,16,17). The Kier molecular flexibility index (Phi) is 4.58. The predicted molar refractivity (Wildman–Crippen MR) is 57.9 cm³/mol.